The summed E-state index contributed by atoms with van der Waals surface area (Å²) in [6, 6.07) is 18.7. The lowest BCUT2D eigenvalue weighted by atomic mass is 9.67. The normalized spacial score (nSPS) is 30.8. The van der Waals surface area contributed by atoms with E-state index in [2.05, 4.69) is 46.9 Å². The van der Waals surface area contributed by atoms with Crippen molar-refractivity contribution in [3.05, 3.63) is 88.5 Å². The average molecular weight is 842 g/mol. The van der Waals surface area contributed by atoms with Crippen LogP contribution in [0.1, 0.15) is 69.4 Å². The number of carbonyl (C=O) groups is 1. The van der Waals surface area contributed by atoms with Crippen LogP contribution in [0.2, 0.25) is 0 Å². The van der Waals surface area contributed by atoms with Crippen molar-refractivity contribution in [1.29, 1.82) is 0 Å². The van der Waals surface area contributed by atoms with E-state index in [1.807, 2.05) is 48.5 Å². The first-order valence-electron chi connectivity index (χ1n) is 20.1. The third kappa shape index (κ3) is 8.93. The van der Waals surface area contributed by atoms with E-state index in [0.29, 0.717) is 33.9 Å². The Bertz CT molecular complexity index is 1840. The van der Waals surface area contributed by atoms with Crippen LogP contribution < -0.4 is 14.8 Å². The summed E-state index contributed by atoms with van der Waals surface area (Å²) in [6.45, 7) is 10.6. The zero-order valence-corrected chi connectivity index (χ0v) is 34.7. The minimum absolute atomic E-state index is 0.100. The summed E-state index contributed by atoms with van der Waals surface area (Å²) in [5, 5.41) is 84.3. The van der Waals surface area contributed by atoms with Crippen LogP contribution in [0.25, 0.3) is 0 Å². The lowest BCUT2D eigenvalue weighted by Gasteiger charge is -2.39. The molecule has 6 rings (SSSR count). The minimum atomic E-state index is -1.61. The number of benzene rings is 3. The summed E-state index contributed by atoms with van der Waals surface area (Å²) in [6.07, 6.45) is -14.5. The zero-order chi connectivity index (χ0) is 43.7. The van der Waals surface area contributed by atoms with Crippen molar-refractivity contribution in [2.75, 3.05) is 45.0 Å². The third-order valence-corrected chi connectivity index (χ3v) is 11.4. The van der Waals surface area contributed by atoms with Gasteiger partial charge in [-0.15, -0.1) is 0 Å². The molecule has 0 bridgehead atoms. The molecule has 3 aliphatic rings. The number of amides is 1. The van der Waals surface area contributed by atoms with Crippen LogP contribution in [0.5, 0.6) is 11.5 Å². The average Bonchev–Trinajstić information content (AvgIpc) is 3.51. The molecule has 10 unspecified atom stereocenters. The number of hydrogen-bond acceptors (Lipinski definition) is 15. The summed E-state index contributed by atoms with van der Waals surface area (Å²) < 4.78 is 35.4. The van der Waals surface area contributed by atoms with Crippen molar-refractivity contribution in [2.45, 2.75) is 119 Å². The van der Waals surface area contributed by atoms with Crippen LogP contribution >= 0.6 is 0 Å². The number of carbonyl (C=O) groups excluding carboxylic acids is 1. The fourth-order valence-corrected chi connectivity index (χ4v) is 7.81. The van der Waals surface area contributed by atoms with Gasteiger partial charge >= 0.3 is 0 Å². The van der Waals surface area contributed by atoms with E-state index >= 15 is 4.79 Å². The SMILES string of the molecule is CC(C)(C)c1ccc(OCCOC2OC(CO)C(O)C(O)C2O)c(C2(c3cc(C(C)(C)C)ccc3OCCOC3OC(CO)C(O)C(O)C3O)C(=O)Nc3ccccc32)c1. The van der Waals surface area contributed by atoms with Gasteiger partial charge in [-0.2, -0.15) is 0 Å². The highest BCUT2D eigenvalue weighted by molar-refractivity contribution is 6.12. The van der Waals surface area contributed by atoms with E-state index in [4.69, 9.17) is 28.4 Å². The summed E-state index contributed by atoms with van der Waals surface area (Å²) in [4.78, 5) is 15.1. The van der Waals surface area contributed by atoms with Gasteiger partial charge in [-0.1, -0.05) is 71.9 Å². The van der Waals surface area contributed by atoms with E-state index in [0.717, 1.165) is 11.1 Å². The number of nitrogens with one attached hydrogen (secondary N) is 1. The van der Waals surface area contributed by atoms with Crippen LogP contribution in [0.4, 0.5) is 5.69 Å². The second kappa shape index (κ2) is 18.3. The van der Waals surface area contributed by atoms with Crippen molar-refractivity contribution in [1.82, 2.24) is 0 Å². The van der Waals surface area contributed by atoms with Gasteiger partial charge in [-0.3, -0.25) is 4.79 Å². The predicted molar refractivity (Wildman–Crippen MR) is 216 cm³/mol. The molecule has 3 aliphatic heterocycles. The molecule has 10 atom stereocenters. The van der Waals surface area contributed by atoms with E-state index in [1.54, 1.807) is 12.1 Å². The first-order chi connectivity index (χ1) is 28.3. The Balaban J connectivity index is 1.39. The molecule has 0 aromatic heterocycles. The maximum atomic E-state index is 15.1. The molecule has 3 aromatic rings. The summed E-state index contributed by atoms with van der Waals surface area (Å²) in [5.74, 6) is 0.307. The fraction of sp³-hybridized carbons (Fsp3) is 0.568. The van der Waals surface area contributed by atoms with E-state index < -0.39 is 80.0 Å². The van der Waals surface area contributed by atoms with Gasteiger partial charge in [-0.05, 0) is 52.3 Å². The third-order valence-electron chi connectivity index (χ3n) is 11.4. The van der Waals surface area contributed by atoms with Crippen molar-refractivity contribution in [3.63, 3.8) is 0 Å². The monoisotopic (exact) mass is 841 g/mol. The fourth-order valence-electron chi connectivity index (χ4n) is 7.81. The molecule has 9 N–H and O–H groups in total. The molecule has 2 fully saturated rings. The Morgan fingerprint density at radius 3 is 1.43 bits per heavy atom. The molecule has 0 radical (unpaired) electrons. The van der Waals surface area contributed by atoms with Gasteiger partial charge in [0.1, 0.15) is 79.0 Å². The Morgan fingerprint density at radius 2 is 1.02 bits per heavy atom. The second-order valence-corrected chi connectivity index (χ2v) is 17.5. The Morgan fingerprint density at radius 1 is 0.583 bits per heavy atom. The predicted octanol–water partition coefficient (Wildman–Crippen LogP) is 0.959. The highest BCUT2D eigenvalue weighted by atomic mass is 16.7. The van der Waals surface area contributed by atoms with Crippen LogP contribution in [0.3, 0.4) is 0 Å². The molecule has 16 nitrogen and oxygen atoms in total. The van der Waals surface area contributed by atoms with Gasteiger partial charge in [0.15, 0.2) is 12.6 Å². The van der Waals surface area contributed by atoms with Gasteiger partial charge < -0.3 is 74.6 Å². The maximum absolute atomic E-state index is 15.1. The van der Waals surface area contributed by atoms with Crippen molar-refractivity contribution < 1.29 is 74.1 Å². The van der Waals surface area contributed by atoms with Gasteiger partial charge in [0.2, 0.25) is 5.91 Å². The number of para-hydroxylation sites is 1. The van der Waals surface area contributed by atoms with Gasteiger partial charge in [0, 0.05) is 22.4 Å². The van der Waals surface area contributed by atoms with Gasteiger partial charge in [0.05, 0.1) is 26.4 Å². The highest BCUT2D eigenvalue weighted by Crippen LogP contribution is 2.54. The molecule has 330 valence electrons. The molecule has 0 aliphatic carbocycles. The molecular weight excluding hydrogens is 782 g/mol. The van der Waals surface area contributed by atoms with Gasteiger partial charge in [-0.25, -0.2) is 0 Å². The lowest BCUT2D eigenvalue weighted by molar-refractivity contribution is -0.301. The molecule has 0 saturated carbocycles. The first kappa shape index (κ1) is 45.8. The van der Waals surface area contributed by atoms with Crippen LogP contribution in [0.15, 0.2) is 60.7 Å². The zero-order valence-electron chi connectivity index (χ0n) is 34.7. The largest absolute Gasteiger partial charge is 0.491 e. The van der Waals surface area contributed by atoms with Crippen LogP contribution in [-0.4, -0.2) is 148 Å². The number of anilines is 1. The lowest BCUT2D eigenvalue weighted by Crippen LogP contribution is -2.59. The maximum Gasteiger partial charge on any atom is 0.244 e. The summed E-state index contributed by atoms with van der Waals surface area (Å²) in [7, 11) is 0. The Hall–Kier alpha value is -3.75. The molecule has 1 amide bonds. The smallest absolute Gasteiger partial charge is 0.244 e. The van der Waals surface area contributed by atoms with Crippen LogP contribution in [-0.2, 0) is 40.0 Å². The van der Waals surface area contributed by atoms with E-state index in [-0.39, 0.29) is 43.2 Å². The number of fused-ring (bicyclic) bond motifs is 1. The summed E-state index contributed by atoms with van der Waals surface area (Å²) >= 11 is 0. The van der Waals surface area contributed by atoms with Crippen molar-refractivity contribution in [2.24, 2.45) is 0 Å². The van der Waals surface area contributed by atoms with Crippen LogP contribution in [0, 0.1) is 0 Å². The van der Waals surface area contributed by atoms with E-state index in [1.165, 1.54) is 0 Å². The number of rotatable bonds is 14. The highest BCUT2D eigenvalue weighted by Gasteiger charge is 2.54. The minimum Gasteiger partial charge on any atom is -0.491 e. The first-order valence-corrected chi connectivity index (χ1v) is 20.1. The molecule has 3 heterocycles. The summed E-state index contributed by atoms with van der Waals surface area (Å²) in [5.41, 5.74) is 1.71. The topological polar surface area (TPSA) is 246 Å². The number of ether oxygens (including phenoxy) is 6. The standard InChI is InChI=1S/C44H59NO15/c1-42(2,3)23-11-13-29(55-15-17-57-39-37(52)35(50)33(48)31(21-46)59-39)26(19-23)44(25-9-7-8-10-28(25)45-41(44)54)27-20-24(43(4,5)6)12-14-30(27)56-16-18-58-40-38(53)36(51)34(49)32(22-47)60-40/h7-14,19-20,31-40,46-53H,15-18,21-22H2,1-6H3,(H,45,54). The molecule has 0 spiro atoms. The molecule has 2 saturated heterocycles. The van der Waals surface area contributed by atoms with Crippen molar-refractivity contribution in [3.8, 4) is 11.5 Å². The molecule has 16 heteroatoms. The molecular formula is C44H59NO15. The molecule has 60 heavy (non-hydrogen) atoms. The quantitative estimate of drug-likeness (QED) is 0.103. The van der Waals surface area contributed by atoms with Crippen molar-refractivity contribution >= 4 is 11.6 Å². The number of hydrogen-bond donors (Lipinski definition) is 9. The Kier molecular flexibility index (Phi) is 14.0. The number of aliphatic hydroxyl groups is 8. The Labute approximate surface area is 349 Å². The molecule has 3 aromatic carbocycles. The number of aliphatic hydroxyl groups excluding tert-OH is 8. The second-order valence-electron chi connectivity index (χ2n) is 17.5. The van der Waals surface area contributed by atoms with E-state index in [9.17, 15) is 40.9 Å². The van der Waals surface area contributed by atoms with Gasteiger partial charge in [0.25, 0.3) is 0 Å².